The first-order chi connectivity index (χ1) is 7.29. The van der Waals surface area contributed by atoms with Crippen LogP contribution in [0.4, 0.5) is 0 Å². The van der Waals surface area contributed by atoms with Crippen molar-refractivity contribution in [2.45, 2.75) is 51.6 Å². The molecule has 0 aromatic carbocycles. The lowest BCUT2D eigenvalue weighted by atomic mass is 10.0. The van der Waals surface area contributed by atoms with Crippen LogP contribution in [-0.2, 0) is 10.0 Å². The largest absolute Gasteiger partial charge is 0.313 e. The summed E-state index contributed by atoms with van der Waals surface area (Å²) in [5.74, 6) is 0.198. The van der Waals surface area contributed by atoms with Gasteiger partial charge in [-0.05, 0) is 33.1 Å². The minimum atomic E-state index is -3.13. The molecule has 5 heteroatoms. The van der Waals surface area contributed by atoms with Gasteiger partial charge in [0.15, 0.2) is 0 Å². The standard InChI is InChI=1S/C11H24N2O2S/c1-5-11(2,3)13(4)16(14,15)9-8-12-10-6-7-10/h10,12H,5-9H2,1-4H3. The molecule has 0 atom stereocenters. The van der Waals surface area contributed by atoms with Crippen LogP contribution in [0.3, 0.4) is 0 Å². The summed E-state index contributed by atoms with van der Waals surface area (Å²) in [5, 5.41) is 3.23. The van der Waals surface area contributed by atoms with Crippen LogP contribution in [0.25, 0.3) is 0 Å². The molecule has 0 bridgehead atoms. The zero-order chi connectivity index (χ0) is 12.4. The molecule has 16 heavy (non-hydrogen) atoms. The van der Waals surface area contributed by atoms with E-state index in [0.29, 0.717) is 12.6 Å². The zero-order valence-electron chi connectivity index (χ0n) is 10.8. The van der Waals surface area contributed by atoms with Crippen molar-refractivity contribution < 1.29 is 8.42 Å². The summed E-state index contributed by atoms with van der Waals surface area (Å²) >= 11 is 0. The smallest absolute Gasteiger partial charge is 0.215 e. The Balaban J connectivity index is 2.47. The molecule has 0 aromatic rings. The predicted molar refractivity (Wildman–Crippen MR) is 66.9 cm³/mol. The van der Waals surface area contributed by atoms with E-state index in [1.54, 1.807) is 7.05 Å². The summed E-state index contributed by atoms with van der Waals surface area (Å²) in [6, 6.07) is 0.569. The molecule has 1 aliphatic rings. The van der Waals surface area contributed by atoms with Crippen molar-refractivity contribution in [3.8, 4) is 0 Å². The van der Waals surface area contributed by atoms with E-state index in [4.69, 9.17) is 0 Å². The van der Waals surface area contributed by atoms with Crippen LogP contribution < -0.4 is 5.32 Å². The first kappa shape index (κ1) is 13.9. The molecule has 1 saturated carbocycles. The second-order valence-corrected chi connectivity index (χ2v) is 7.30. The summed E-state index contributed by atoms with van der Waals surface area (Å²) in [5.41, 5.74) is -0.293. The lowest BCUT2D eigenvalue weighted by Crippen LogP contribution is -2.46. The second-order valence-electron chi connectivity index (χ2n) is 5.18. The maximum atomic E-state index is 12.0. The molecule has 0 amide bonds. The second kappa shape index (κ2) is 5.02. The highest BCUT2D eigenvalue weighted by atomic mass is 32.2. The zero-order valence-corrected chi connectivity index (χ0v) is 11.6. The van der Waals surface area contributed by atoms with E-state index in [0.717, 1.165) is 6.42 Å². The van der Waals surface area contributed by atoms with Crippen LogP contribution in [0.1, 0.15) is 40.0 Å². The first-order valence-corrected chi connectivity index (χ1v) is 7.60. The minimum absolute atomic E-state index is 0.198. The molecule has 0 unspecified atom stereocenters. The fourth-order valence-electron chi connectivity index (χ4n) is 1.42. The molecule has 0 spiro atoms. The van der Waals surface area contributed by atoms with Crippen molar-refractivity contribution in [3.63, 3.8) is 0 Å². The number of nitrogens with one attached hydrogen (secondary N) is 1. The van der Waals surface area contributed by atoms with E-state index in [9.17, 15) is 8.42 Å². The maximum Gasteiger partial charge on any atom is 0.215 e. The number of nitrogens with zero attached hydrogens (tertiary/aromatic N) is 1. The lowest BCUT2D eigenvalue weighted by molar-refractivity contribution is 0.257. The topological polar surface area (TPSA) is 49.4 Å². The number of hydrogen-bond donors (Lipinski definition) is 1. The predicted octanol–water partition coefficient (Wildman–Crippen LogP) is 1.19. The molecule has 0 saturated heterocycles. The fraction of sp³-hybridized carbons (Fsp3) is 1.00. The Morgan fingerprint density at radius 2 is 1.94 bits per heavy atom. The quantitative estimate of drug-likeness (QED) is 0.736. The molecule has 0 radical (unpaired) electrons. The van der Waals surface area contributed by atoms with E-state index in [1.807, 2.05) is 20.8 Å². The third-order valence-corrected chi connectivity index (χ3v) is 5.55. The van der Waals surface area contributed by atoms with Crippen LogP contribution in [0.15, 0.2) is 0 Å². The normalized spacial score (nSPS) is 18.1. The number of hydrogen-bond acceptors (Lipinski definition) is 3. The van der Waals surface area contributed by atoms with Gasteiger partial charge in [0.2, 0.25) is 10.0 Å². The van der Waals surface area contributed by atoms with Gasteiger partial charge in [0.1, 0.15) is 0 Å². The first-order valence-electron chi connectivity index (χ1n) is 5.99. The van der Waals surface area contributed by atoms with Gasteiger partial charge in [-0.25, -0.2) is 8.42 Å². The molecule has 1 rings (SSSR count). The van der Waals surface area contributed by atoms with Gasteiger partial charge >= 0.3 is 0 Å². The van der Waals surface area contributed by atoms with Crippen molar-refractivity contribution in [1.82, 2.24) is 9.62 Å². The van der Waals surface area contributed by atoms with Crippen molar-refractivity contribution in [3.05, 3.63) is 0 Å². The Morgan fingerprint density at radius 3 is 2.38 bits per heavy atom. The number of sulfonamides is 1. The average molecular weight is 248 g/mol. The molecule has 4 nitrogen and oxygen atoms in total. The van der Waals surface area contributed by atoms with Crippen LogP contribution in [0.5, 0.6) is 0 Å². The summed E-state index contributed by atoms with van der Waals surface area (Å²) in [7, 11) is -1.45. The molecule has 1 aliphatic carbocycles. The SMILES string of the molecule is CCC(C)(C)N(C)S(=O)(=O)CCNC1CC1. The van der Waals surface area contributed by atoms with Gasteiger partial charge in [0.25, 0.3) is 0 Å². The van der Waals surface area contributed by atoms with Crippen molar-refractivity contribution in [2.75, 3.05) is 19.3 Å². The summed E-state index contributed by atoms with van der Waals surface area (Å²) in [6.45, 7) is 6.49. The average Bonchev–Trinajstić information content (AvgIpc) is 3.00. The van der Waals surface area contributed by atoms with Gasteiger partial charge in [-0.1, -0.05) is 6.92 Å². The van der Waals surface area contributed by atoms with Crippen LogP contribution >= 0.6 is 0 Å². The van der Waals surface area contributed by atoms with Crippen LogP contribution in [0, 0.1) is 0 Å². The number of rotatable bonds is 7. The Labute approximate surface area is 99.5 Å². The third-order valence-electron chi connectivity index (χ3n) is 3.51. The van der Waals surface area contributed by atoms with E-state index in [1.165, 1.54) is 17.1 Å². The fourth-order valence-corrected chi connectivity index (χ4v) is 2.95. The highest BCUT2D eigenvalue weighted by Crippen LogP contribution is 2.21. The molecule has 1 fully saturated rings. The minimum Gasteiger partial charge on any atom is -0.313 e. The molecule has 0 aliphatic heterocycles. The van der Waals surface area contributed by atoms with E-state index in [-0.39, 0.29) is 11.3 Å². The molecular formula is C11H24N2O2S. The summed E-state index contributed by atoms with van der Waals surface area (Å²) in [4.78, 5) is 0. The van der Waals surface area contributed by atoms with E-state index >= 15 is 0 Å². The molecule has 0 aromatic heterocycles. The Hall–Kier alpha value is -0.130. The van der Waals surface area contributed by atoms with Crippen LogP contribution in [0.2, 0.25) is 0 Å². The highest BCUT2D eigenvalue weighted by molar-refractivity contribution is 7.89. The molecular weight excluding hydrogens is 224 g/mol. The third kappa shape index (κ3) is 3.71. The maximum absolute atomic E-state index is 12.0. The van der Waals surface area contributed by atoms with Gasteiger partial charge in [0.05, 0.1) is 5.75 Å². The summed E-state index contributed by atoms with van der Waals surface area (Å²) in [6.07, 6.45) is 3.20. The van der Waals surface area contributed by atoms with Crippen molar-refractivity contribution >= 4 is 10.0 Å². The molecule has 1 N–H and O–H groups in total. The Kier molecular flexibility index (Phi) is 4.37. The van der Waals surface area contributed by atoms with Gasteiger partial charge < -0.3 is 5.32 Å². The molecule has 96 valence electrons. The van der Waals surface area contributed by atoms with Gasteiger partial charge in [-0.2, -0.15) is 4.31 Å². The Morgan fingerprint density at radius 1 is 1.38 bits per heavy atom. The van der Waals surface area contributed by atoms with Gasteiger partial charge in [-0.3, -0.25) is 0 Å². The Bertz CT molecular complexity index is 321. The van der Waals surface area contributed by atoms with E-state index < -0.39 is 10.0 Å². The van der Waals surface area contributed by atoms with E-state index in [2.05, 4.69) is 5.32 Å². The lowest BCUT2D eigenvalue weighted by Gasteiger charge is -2.33. The highest BCUT2D eigenvalue weighted by Gasteiger charge is 2.31. The van der Waals surface area contributed by atoms with Gasteiger partial charge in [-0.15, -0.1) is 0 Å². The molecule has 0 heterocycles. The van der Waals surface area contributed by atoms with Gasteiger partial charge in [0, 0.05) is 25.2 Å². The summed E-state index contributed by atoms with van der Waals surface area (Å²) < 4.78 is 25.6. The monoisotopic (exact) mass is 248 g/mol. The van der Waals surface area contributed by atoms with Crippen molar-refractivity contribution in [1.29, 1.82) is 0 Å². The van der Waals surface area contributed by atoms with Crippen LogP contribution in [-0.4, -0.2) is 43.6 Å². The van der Waals surface area contributed by atoms with Crippen molar-refractivity contribution in [2.24, 2.45) is 0 Å².